The molecule has 0 saturated heterocycles. The molecule has 1 heterocycles. The van der Waals surface area contributed by atoms with E-state index in [2.05, 4.69) is 0 Å². The first-order chi connectivity index (χ1) is 11.9. The van der Waals surface area contributed by atoms with Crippen LogP contribution in [0.2, 0.25) is 0 Å². The van der Waals surface area contributed by atoms with E-state index in [1.165, 1.54) is 0 Å². The Kier molecular flexibility index (Phi) is 4.27. The second-order valence-corrected chi connectivity index (χ2v) is 6.11. The number of carboxylic acids is 1. The third kappa shape index (κ3) is 2.98. The Hall–Kier alpha value is -3.15. The van der Waals surface area contributed by atoms with Crippen molar-refractivity contribution >= 4 is 23.5 Å². The van der Waals surface area contributed by atoms with Crippen molar-refractivity contribution in [3.8, 4) is 5.75 Å². The zero-order valence-corrected chi connectivity index (χ0v) is 13.8. The quantitative estimate of drug-likeness (QED) is 0.847. The summed E-state index contributed by atoms with van der Waals surface area (Å²) in [5.74, 6) is -1.63. The van der Waals surface area contributed by atoms with Crippen molar-refractivity contribution in [2.24, 2.45) is 5.92 Å². The average Bonchev–Trinajstić information content (AvgIpc) is 2.84. The molecule has 6 nitrogen and oxygen atoms in total. The molecule has 0 bridgehead atoms. The fourth-order valence-corrected chi connectivity index (χ4v) is 2.72. The Balaban J connectivity index is 1.83. The van der Waals surface area contributed by atoms with Gasteiger partial charge in [0.2, 0.25) is 0 Å². The predicted octanol–water partition coefficient (Wildman–Crippen LogP) is 2.98. The fraction of sp³-hybridized carbons (Fsp3) is 0.211. The van der Waals surface area contributed by atoms with Crippen LogP contribution in [0.4, 0.5) is 5.69 Å². The smallest absolute Gasteiger partial charge is 0.345 e. The van der Waals surface area contributed by atoms with Crippen molar-refractivity contribution in [3.05, 3.63) is 59.7 Å². The van der Waals surface area contributed by atoms with Gasteiger partial charge in [-0.05, 0) is 36.4 Å². The first kappa shape index (κ1) is 16.7. The highest BCUT2D eigenvalue weighted by atomic mass is 16.5. The van der Waals surface area contributed by atoms with Gasteiger partial charge in [-0.25, -0.2) is 9.69 Å². The summed E-state index contributed by atoms with van der Waals surface area (Å²) in [5.41, 5.74) is 1.16. The van der Waals surface area contributed by atoms with Gasteiger partial charge in [0.25, 0.3) is 11.8 Å². The molecule has 0 fully saturated rings. The van der Waals surface area contributed by atoms with Crippen molar-refractivity contribution in [2.75, 3.05) is 4.90 Å². The van der Waals surface area contributed by atoms with Crippen LogP contribution < -0.4 is 9.64 Å². The lowest BCUT2D eigenvalue weighted by atomic mass is 10.1. The number of nitrogens with zero attached hydrogens (tertiary/aromatic N) is 1. The number of carbonyl (C=O) groups is 3. The maximum atomic E-state index is 12.4. The zero-order chi connectivity index (χ0) is 18.1. The third-order valence-electron chi connectivity index (χ3n) is 4.00. The Morgan fingerprint density at radius 3 is 1.92 bits per heavy atom. The topological polar surface area (TPSA) is 83.9 Å². The number of carboxylic acid groups (broad SMARTS) is 1. The maximum Gasteiger partial charge on any atom is 0.345 e. The van der Waals surface area contributed by atoms with Crippen LogP contribution in [-0.2, 0) is 4.79 Å². The van der Waals surface area contributed by atoms with Crippen molar-refractivity contribution < 1.29 is 24.2 Å². The summed E-state index contributed by atoms with van der Waals surface area (Å²) in [4.78, 5) is 37.2. The molecule has 0 spiro atoms. The SMILES string of the molecule is CC(C)C(Oc1ccc(N2C(=O)c3ccccc3C2=O)cc1)C(=O)O. The summed E-state index contributed by atoms with van der Waals surface area (Å²) in [6.45, 7) is 3.51. The molecular weight excluding hydrogens is 322 g/mol. The molecule has 1 aliphatic rings. The van der Waals surface area contributed by atoms with E-state index in [0.29, 0.717) is 22.6 Å². The van der Waals surface area contributed by atoms with Crippen LogP contribution in [0.3, 0.4) is 0 Å². The lowest BCUT2D eigenvalue weighted by molar-refractivity contribution is -0.147. The van der Waals surface area contributed by atoms with E-state index in [1.807, 2.05) is 0 Å². The van der Waals surface area contributed by atoms with Crippen molar-refractivity contribution in [3.63, 3.8) is 0 Å². The summed E-state index contributed by atoms with van der Waals surface area (Å²) in [5, 5.41) is 9.18. The molecule has 25 heavy (non-hydrogen) atoms. The van der Waals surface area contributed by atoms with Crippen LogP contribution in [0.1, 0.15) is 34.6 Å². The lowest BCUT2D eigenvalue weighted by Gasteiger charge is -2.19. The molecule has 0 radical (unpaired) electrons. The Bertz CT molecular complexity index is 806. The number of imide groups is 1. The molecule has 1 aliphatic heterocycles. The van der Waals surface area contributed by atoms with Crippen molar-refractivity contribution in [2.45, 2.75) is 20.0 Å². The molecule has 1 N–H and O–H groups in total. The Labute approximate surface area is 144 Å². The van der Waals surface area contributed by atoms with Gasteiger partial charge in [-0.1, -0.05) is 26.0 Å². The number of benzene rings is 2. The van der Waals surface area contributed by atoms with Gasteiger partial charge in [-0.3, -0.25) is 9.59 Å². The molecule has 2 amide bonds. The van der Waals surface area contributed by atoms with E-state index in [4.69, 9.17) is 4.74 Å². The van der Waals surface area contributed by atoms with Crippen LogP contribution in [0.25, 0.3) is 0 Å². The fourth-order valence-electron chi connectivity index (χ4n) is 2.72. The molecule has 128 valence electrons. The van der Waals surface area contributed by atoms with E-state index < -0.39 is 12.1 Å². The number of hydrogen-bond donors (Lipinski definition) is 1. The Morgan fingerprint density at radius 1 is 0.960 bits per heavy atom. The molecule has 1 atom stereocenters. The van der Waals surface area contributed by atoms with E-state index in [0.717, 1.165) is 4.90 Å². The molecule has 3 rings (SSSR count). The number of ether oxygens (including phenoxy) is 1. The molecule has 2 aromatic rings. The first-order valence-electron chi connectivity index (χ1n) is 7.87. The second-order valence-electron chi connectivity index (χ2n) is 6.11. The minimum Gasteiger partial charge on any atom is -0.478 e. The minimum absolute atomic E-state index is 0.201. The van der Waals surface area contributed by atoms with Crippen LogP contribution >= 0.6 is 0 Å². The highest BCUT2D eigenvalue weighted by molar-refractivity contribution is 6.34. The van der Waals surface area contributed by atoms with Gasteiger partial charge in [-0.2, -0.15) is 0 Å². The third-order valence-corrected chi connectivity index (χ3v) is 4.00. The van der Waals surface area contributed by atoms with Gasteiger partial charge >= 0.3 is 5.97 Å². The standard InChI is InChI=1S/C19H17NO5/c1-11(2)16(19(23)24)25-13-9-7-12(8-10-13)20-17(21)14-5-3-4-6-15(14)18(20)22/h3-11,16H,1-2H3,(H,23,24). The number of aliphatic carboxylic acids is 1. The number of amides is 2. The van der Waals surface area contributed by atoms with E-state index in [1.54, 1.807) is 62.4 Å². The predicted molar refractivity (Wildman–Crippen MR) is 90.9 cm³/mol. The minimum atomic E-state index is -1.04. The van der Waals surface area contributed by atoms with Gasteiger partial charge in [0, 0.05) is 5.92 Å². The summed E-state index contributed by atoms with van der Waals surface area (Å²) < 4.78 is 5.48. The van der Waals surface area contributed by atoms with Crippen LogP contribution in [0.15, 0.2) is 48.5 Å². The number of hydrogen-bond acceptors (Lipinski definition) is 4. The highest BCUT2D eigenvalue weighted by Gasteiger charge is 2.36. The lowest BCUT2D eigenvalue weighted by Crippen LogP contribution is -2.32. The monoisotopic (exact) mass is 339 g/mol. The van der Waals surface area contributed by atoms with Crippen LogP contribution in [0, 0.1) is 5.92 Å². The second kappa shape index (κ2) is 6.39. The Morgan fingerprint density at radius 2 is 1.48 bits per heavy atom. The molecule has 0 saturated carbocycles. The normalized spacial score (nSPS) is 14.6. The maximum absolute atomic E-state index is 12.4. The highest BCUT2D eigenvalue weighted by Crippen LogP contribution is 2.29. The van der Waals surface area contributed by atoms with Crippen molar-refractivity contribution in [1.29, 1.82) is 0 Å². The summed E-state index contributed by atoms with van der Waals surface area (Å²) in [6.07, 6.45) is -0.967. The summed E-state index contributed by atoms with van der Waals surface area (Å²) in [6, 6.07) is 12.9. The van der Waals surface area contributed by atoms with E-state index in [9.17, 15) is 19.5 Å². The number of anilines is 1. The number of fused-ring (bicyclic) bond motifs is 1. The largest absolute Gasteiger partial charge is 0.478 e. The van der Waals surface area contributed by atoms with Gasteiger partial charge in [0.1, 0.15) is 5.75 Å². The molecule has 0 aliphatic carbocycles. The van der Waals surface area contributed by atoms with Crippen molar-refractivity contribution in [1.82, 2.24) is 0 Å². The van der Waals surface area contributed by atoms with Gasteiger partial charge in [0.05, 0.1) is 16.8 Å². The van der Waals surface area contributed by atoms with E-state index in [-0.39, 0.29) is 17.7 Å². The summed E-state index contributed by atoms with van der Waals surface area (Å²) in [7, 11) is 0. The molecule has 0 aromatic heterocycles. The first-order valence-corrected chi connectivity index (χ1v) is 7.87. The zero-order valence-electron chi connectivity index (χ0n) is 13.8. The molecule has 1 unspecified atom stereocenters. The summed E-state index contributed by atoms with van der Waals surface area (Å²) >= 11 is 0. The van der Waals surface area contributed by atoms with E-state index >= 15 is 0 Å². The van der Waals surface area contributed by atoms with Gasteiger partial charge < -0.3 is 9.84 Å². The van der Waals surface area contributed by atoms with Gasteiger partial charge in [-0.15, -0.1) is 0 Å². The molecule has 6 heteroatoms. The van der Waals surface area contributed by atoms with Crippen LogP contribution in [0.5, 0.6) is 5.75 Å². The number of rotatable bonds is 5. The molecule has 2 aromatic carbocycles. The van der Waals surface area contributed by atoms with Crippen LogP contribution in [-0.4, -0.2) is 29.0 Å². The number of carbonyl (C=O) groups excluding carboxylic acids is 2. The van der Waals surface area contributed by atoms with Gasteiger partial charge in [0.15, 0.2) is 6.10 Å². The average molecular weight is 339 g/mol. The molecular formula is C19H17NO5.